The molecule has 8 heteroatoms. The summed E-state index contributed by atoms with van der Waals surface area (Å²) < 4.78 is 20.1. The van der Waals surface area contributed by atoms with E-state index in [1.54, 1.807) is 36.4 Å². The zero-order valence-electron chi connectivity index (χ0n) is 16.4. The summed E-state index contributed by atoms with van der Waals surface area (Å²) in [4.78, 5) is 38.2. The second-order valence-electron chi connectivity index (χ2n) is 7.35. The number of carbonyl (C=O) groups is 3. The number of rotatable bonds is 6. The summed E-state index contributed by atoms with van der Waals surface area (Å²) in [6, 6.07) is 4.21. The molecular weight excluding hydrogens is 389 g/mol. The normalized spacial score (nSPS) is 24.2. The van der Waals surface area contributed by atoms with Gasteiger partial charge in [-0.1, -0.05) is 19.1 Å². The van der Waals surface area contributed by atoms with Crippen molar-refractivity contribution in [3.05, 3.63) is 71.5 Å². The third-order valence-electron chi connectivity index (χ3n) is 5.41. The monoisotopic (exact) mass is 411 g/mol. The number of nitrogens with zero attached hydrogens (tertiary/aromatic N) is 1. The van der Waals surface area contributed by atoms with Crippen LogP contribution in [0.3, 0.4) is 0 Å². The van der Waals surface area contributed by atoms with Crippen LogP contribution in [-0.4, -0.2) is 41.4 Å². The molecular formula is C22H22FN3O4. The minimum absolute atomic E-state index is 0.0615. The summed E-state index contributed by atoms with van der Waals surface area (Å²) in [7, 11) is 0. The van der Waals surface area contributed by atoms with Gasteiger partial charge in [-0.3, -0.25) is 14.4 Å². The van der Waals surface area contributed by atoms with E-state index in [-0.39, 0.29) is 24.2 Å². The summed E-state index contributed by atoms with van der Waals surface area (Å²) >= 11 is 0. The summed E-state index contributed by atoms with van der Waals surface area (Å²) in [5.41, 5.74) is 0.739. The molecule has 1 amide bonds. The molecule has 1 aromatic rings. The molecule has 0 spiro atoms. The molecule has 1 aromatic carbocycles. The number of esters is 1. The van der Waals surface area contributed by atoms with E-state index >= 15 is 0 Å². The average molecular weight is 411 g/mol. The first kappa shape index (κ1) is 19.9. The topological polar surface area (TPSA) is 87.7 Å². The zero-order chi connectivity index (χ0) is 21.3. The van der Waals surface area contributed by atoms with Gasteiger partial charge in [0.05, 0.1) is 18.0 Å². The van der Waals surface area contributed by atoms with E-state index in [4.69, 9.17) is 4.74 Å². The minimum Gasteiger partial charge on any atom is -0.460 e. The maximum absolute atomic E-state index is 14.8. The molecule has 30 heavy (non-hydrogen) atoms. The van der Waals surface area contributed by atoms with Gasteiger partial charge in [0.15, 0.2) is 0 Å². The van der Waals surface area contributed by atoms with Gasteiger partial charge < -0.3 is 20.3 Å². The number of allylic oxidation sites excluding steroid dienone is 3. The first-order valence-corrected chi connectivity index (χ1v) is 9.88. The molecule has 3 aliphatic heterocycles. The lowest BCUT2D eigenvalue weighted by Crippen LogP contribution is -2.34. The van der Waals surface area contributed by atoms with Crippen LogP contribution in [0, 0.1) is 5.82 Å². The SMILES string of the molecule is CCC(=O)NCC1CC(c2ccc(C(=O)C3=CNC4C=CC=CN34)c(F)c2)C(=O)O1. The van der Waals surface area contributed by atoms with Crippen molar-refractivity contribution in [2.24, 2.45) is 0 Å². The van der Waals surface area contributed by atoms with E-state index in [0.29, 0.717) is 24.1 Å². The fraction of sp³-hybridized carbons (Fsp3) is 0.318. The van der Waals surface area contributed by atoms with Crippen LogP contribution in [-0.2, 0) is 14.3 Å². The molecule has 0 bridgehead atoms. The number of halogens is 1. The van der Waals surface area contributed by atoms with Gasteiger partial charge in [0.2, 0.25) is 11.7 Å². The number of cyclic esters (lactones) is 1. The molecule has 3 atom stereocenters. The van der Waals surface area contributed by atoms with E-state index in [1.807, 2.05) is 12.2 Å². The van der Waals surface area contributed by atoms with Crippen molar-refractivity contribution in [2.45, 2.75) is 38.0 Å². The van der Waals surface area contributed by atoms with Gasteiger partial charge in [0, 0.05) is 25.2 Å². The molecule has 4 rings (SSSR count). The van der Waals surface area contributed by atoms with Gasteiger partial charge in [0.1, 0.15) is 23.8 Å². The Hall–Kier alpha value is -3.42. The van der Waals surface area contributed by atoms with Crippen molar-refractivity contribution in [1.82, 2.24) is 15.5 Å². The Kier molecular flexibility index (Phi) is 5.39. The molecule has 3 aliphatic rings. The maximum Gasteiger partial charge on any atom is 0.313 e. The van der Waals surface area contributed by atoms with Gasteiger partial charge in [-0.25, -0.2) is 4.39 Å². The quantitative estimate of drug-likeness (QED) is 0.551. The summed E-state index contributed by atoms with van der Waals surface area (Å²) in [6.45, 7) is 1.97. The molecule has 0 saturated carbocycles. The predicted octanol–water partition coefficient (Wildman–Crippen LogP) is 2.09. The second-order valence-corrected chi connectivity index (χ2v) is 7.35. The summed E-state index contributed by atoms with van der Waals surface area (Å²) in [5, 5.41) is 5.76. The Labute approximate surface area is 173 Å². The van der Waals surface area contributed by atoms with Crippen molar-refractivity contribution in [1.29, 1.82) is 0 Å². The van der Waals surface area contributed by atoms with Gasteiger partial charge in [-0.05, 0) is 29.8 Å². The third-order valence-corrected chi connectivity index (χ3v) is 5.41. The Morgan fingerprint density at radius 2 is 2.17 bits per heavy atom. The van der Waals surface area contributed by atoms with Crippen molar-refractivity contribution < 1.29 is 23.5 Å². The standard InChI is InChI=1S/C22H22FN3O4/c1-2-20(27)25-11-14-10-16(22(29)30-14)13-6-7-15(17(23)9-13)21(28)18-12-24-19-5-3-4-8-26(18)19/h3-9,12,14,16,19,24H,2,10-11H2,1H3,(H,25,27). The molecule has 2 N–H and O–H groups in total. The van der Waals surface area contributed by atoms with Gasteiger partial charge in [0.25, 0.3) is 0 Å². The van der Waals surface area contributed by atoms with Gasteiger partial charge in [-0.15, -0.1) is 0 Å². The van der Waals surface area contributed by atoms with Crippen LogP contribution in [0.2, 0.25) is 0 Å². The first-order valence-electron chi connectivity index (χ1n) is 9.88. The van der Waals surface area contributed by atoms with E-state index in [1.165, 1.54) is 12.1 Å². The number of fused-ring (bicyclic) bond motifs is 1. The largest absolute Gasteiger partial charge is 0.460 e. The number of benzene rings is 1. The minimum atomic E-state index is -0.686. The summed E-state index contributed by atoms with van der Waals surface area (Å²) in [6.07, 6.45) is 8.97. The second kappa shape index (κ2) is 8.14. The molecule has 156 valence electrons. The molecule has 0 aromatic heterocycles. The Balaban J connectivity index is 1.46. The van der Waals surface area contributed by atoms with E-state index in [0.717, 1.165) is 0 Å². The van der Waals surface area contributed by atoms with Gasteiger partial charge in [-0.2, -0.15) is 0 Å². The molecule has 3 unspecified atom stereocenters. The molecule has 1 saturated heterocycles. The Morgan fingerprint density at radius 3 is 2.93 bits per heavy atom. The highest BCUT2D eigenvalue weighted by Crippen LogP contribution is 2.32. The summed E-state index contributed by atoms with van der Waals surface area (Å²) in [5.74, 6) is -2.34. The lowest BCUT2D eigenvalue weighted by atomic mass is 9.93. The Bertz CT molecular complexity index is 985. The molecule has 1 fully saturated rings. The smallest absolute Gasteiger partial charge is 0.313 e. The van der Waals surface area contributed by atoms with E-state index in [9.17, 15) is 18.8 Å². The number of ether oxygens (including phenoxy) is 1. The number of ketones is 1. The highest BCUT2D eigenvalue weighted by molar-refractivity contribution is 6.09. The Morgan fingerprint density at radius 1 is 1.33 bits per heavy atom. The van der Waals surface area contributed by atoms with Crippen LogP contribution in [0.5, 0.6) is 0 Å². The van der Waals surface area contributed by atoms with Crippen LogP contribution in [0.4, 0.5) is 4.39 Å². The number of hydrogen-bond acceptors (Lipinski definition) is 6. The fourth-order valence-electron chi connectivity index (χ4n) is 3.76. The highest BCUT2D eigenvalue weighted by atomic mass is 19.1. The first-order chi connectivity index (χ1) is 14.5. The van der Waals surface area contributed by atoms with E-state index in [2.05, 4.69) is 10.6 Å². The van der Waals surface area contributed by atoms with Crippen molar-refractivity contribution in [3.8, 4) is 0 Å². The van der Waals surface area contributed by atoms with Crippen LogP contribution >= 0.6 is 0 Å². The number of carbonyl (C=O) groups excluding carboxylic acids is 3. The molecule has 0 radical (unpaired) electrons. The van der Waals surface area contributed by atoms with Crippen LogP contribution in [0.25, 0.3) is 0 Å². The fourth-order valence-corrected chi connectivity index (χ4v) is 3.76. The lowest BCUT2D eigenvalue weighted by molar-refractivity contribution is -0.142. The lowest BCUT2D eigenvalue weighted by Gasteiger charge is -2.24. The van der Waals surface area contributed by atoms with Crippen molar-refractivity contribution in [3.63, 3.8) is 0 Å². The molecule has 7 nitrogen and oxygen atoms in total. The van der Waals surface area contributed by atoms with E-state index < -0.39 is 29.6 Å². The van der Waals surface area contributed by atoms with Crippen LogP contribution in [0.1, 0.15) is 41.6 Å². The van der Waals surface area contributed by atoms with Crippen molar-refractivity contribution >= 4 is 17.7 Å². The van der Waals surface area contributed by atoms with Crippen LogP contribution in [0.15, 0.2) is 54.5 Å². The average Bonchev–Trinajstić information content (AvgIpc) is 3.35. The molecule has 3 heterocycles. The van der Waals surface area contributed by atoms with Crippen LogP contribution < -0.4 is 10.6 Å². The zero-order valence-corrected chi connectivity index (χ0v) is 16.4. The third kappa shape index (κ3) is 3.72. The molecule has 0 aliphatic carbocycles. The number of amides is 1. The van der Waals surface area contributed by atoms with Gasteiger partial charge >= 0.3 is 5.97 Å². The predicted molar refractivity (Wildman–Crippen MR) is 106 cm³/mol. The maximum atomic E-state index is 14.8. The number of Topliss-reactive ketones (excluding diaryl/α,β-unsaturated/α-hetero) is 1. The number of nitrogens with one attached hydrogen (secondary N) is 2. The highest BCUT2D eigenvalue weighted by Gasteiger charge is 2.36. The number of hydrogen-bond donors (Lipinski definition) is 2. The van der Waals surface area contributed by atoms with Crippen molar-refractivity contribution in [2.75, 3.05) is 6.54 Å².